The van der Waals surface area contributed by atoms with E-state index >= 15 is 0 Å². The summed E-state index contributed by atoms with van der Waals surface area (Å²) < 4.78 is 0. The summed E-state index contributed by atoms with van der Waals surface area (Å²) in [6.07, 6.45) is 0. The Kier molecular flexibility index (Phi) is 8.79. The fraction of sp³-hybridized carbons (Fsp3) is 0.0526. The highest BCUT2D eigenvalue weighted by Crippen LogP contribution is 2.50. The Morgan fingerprint density at radius 2 is 0.754 bits per heavy atom. The molecule has 4 nitrogen and oxygen atoms in total. The van der Waals surface area contributed by atoms with Crippen LogP contribution < -0.4 is 0 Å². The second-order valence-electron chi connectivity index (χ2n) is 16.3. The zero-order chi connectivity index (χ0) is 40.9. The van der Waals surface area contributed by atoms with E-state index in [0.29, 0.717) is 17.5 Å². The van der Waals surface area contributed by atoms with E-state index in [1.807, 2.05) is 60.7 Å². The van der Waals surface area contributed by atoms with E-state index in [9.17, 15) is 0 Å². The number of hydrogen-bond acceptors (Lipinski definition) is 4. The average molecular weight is 781 g/mol. The largest absolute Gasteiger partial charge is 0.248 e. The predicted octanol–water partition coefficient (Wildman–Crippen LogP) is 14.4. The Balaban J connectivity index is 1.06. The molecule has 2 aromatic heterocycles. The molecule has 0 saturated carbocycles. The molecule has 61 heavy (non-hydrogen) atoms. The topological polar surface area (TPSA) is 51.6 Å². The van der Waals surface area contributed by atoms with Crippen molar-refractivity contribution in [1.29, 1.82) is 0 Å². The molecule has 0 fully saturated rings. The molecule has 0 unspecified atom stereocenters. The fourth-order valence-corrected chi connectivity index (χ4v) is 8.94. The van der Waals surface area contributed by atoms with E-state index in [1.54, 1.807) is 0 Å². The van der Waals surface area contributed by atoms with Gasteiger partial charge in [-0.15, -0.1) is 0 Å². The minimum Gasteiger partial charge on any atom is -0.248 e. The smallest absolute Gasteiger partial charge is 0.164 e. The van der Waals surface area contributed by atoms with Crippen molar-refractivity contribution in [3.8, 4) is 89.9 Å². The van der Waals surface area contributed by atoms with Crippen molar-refractivity contribution in [3.05, 3.63) is 217 Å². The summed E-state index contributed by atoms with van der Waals surface area (Å²) in [4.78, 5) is 20.4. The number of nitrogens with zero attached hydrogens (tertiary/aromatic N) is 4. The maximum Gasteiger partial charge on any atom is 0.164 e. The molecule has 0 spiro atoms. The van der Waals surface area contributed by atoms with Crippen LogP contribution in [0.1, 0.15) is 25.0 Å². The molecule has 0 amide bonds. The standard InChI is InChI=1S/C57H40N4/c1-57(2)50-30-13-12-29-46(50)48-34-49-47(35-52(58-53(49)36-51(48)57)44-27-15-23-40(32-44)37-17-6-3-7-18-37)43-26-14-24-41(31-43)42-25-16-28-45(33-42)56-60-54(38-19-8-4-9-20-38)59-55(61-56)39-21-10-5-11-22-39/h3-36H,1-2H3. The molecule has 1 aliphatic rings. The second-order valence-corrected chi connectivity index (χ2v) is 16.3. The van der Waals surface area contributed by atoms with E-state index < -0.39 is 0 Å². The summed E-state index contributed by atoms with van der Waals surface area (Å²) in [6, 6.07) is 72.8. The van der Waals surface area contributed by atoms with Gasteiger partial charge < -0.3 is 0 Å². The van der Waals surface area contributed by atoms with Gasteiger partial charge >= 0.3 is 0 Å². The highest BCUT2D eigenvalue weighted by atomic mass is 15.0. The van der Waals surface area contributed by atoms with Gasteiger partial charge in [0.2, 0.25) is 0 Å². The van der Waals surface area contributed by atoms with Crippen LogP contribution in [-0.2, 0) is 5.41 Å². The Bertz CT molecular complexity index is 3210. The van der Waals surface area contributed by atoms with Crippen LogP contribution in [0.2, 0.25) is 0 Å². The number of aromatic nitrogens is 4. The van der Waals surface area contributed by atoms with E-state index in [-0.39, 0.29) is 5.41 Å². The lowest BCUT2D eigenvalue weighted by molar-refractivity contribution is 0.661. The maximum atomic E-state index is 5.44. The van der Waals surface area contributed by atoms with Gasteiger partial charge in [-0.05, 0) is 92.0 Å². The molecule has 2 heterocycles. The number of benzene rings is 8. The highest BCUT2D eigenvalue weighted by Gasteiger charge is 2.36. The van der Waals surface area contributed by atoms with Crippen LogP contribution in [0.25, 0.3) is 101 Å². The lowest BCUT2D eigenvalue weighted by Crippen LogP contribution is -2.14. The van der Waals surface area contributed by atoms with Crippen LogP contribution in [0.5, 0.6) is 0 Å². The summed E-state index contributed by atoms with van der Waals surface area (Å²) in [6.45, 7) is 4.66. The van der Waals surface area contributed by atoms with Crippen LogP contribution in [0.15, 0.2) is 206 Å². The third-order valence-corrected chi connectivity index (χ3v) is 12.1. The van der Waals surface area contributed by atoms with Gasteiger partial charge in [0, 0.05) is 33.1 Å². The van der Waals surface area contributed by atoms with Gasteiger partial charge in [-0.2, -0.15) is 0 Å². The number of rotatable bonds is 7. The third-order valence-electron chi connectivity index (χ3n) is 12.1. The van der Waals surface area contributed by atoms with Crippen molar-refractivity contribution in [3.63, 3.8) is 0 Å². The molecular formula is C57H40N4. The Morgan fingerprint density at radius 3 is 1.39 bits per heavy atom. The summed E-state index contributed by atoms with van der Waals surface area (Å²) in [7, 11) is 0. The van der Waals surface area contributed by atoms with Crippen LogP contribution >= 0.6 is 0 Å². The zero-order valence-corrected chi connectivity index (χ0v) is 33.9. The molecule has 0 atom stereocenters. The summed E-state index contributed by atoms with van der Waals surface area (Å²) in [5, 5.41) is 1.13. The first-order valence-corrected chi connectivity index (χ1v) is 20.8. The monoisotopic (exact) mass is 780 g/mol. The number of hydrogen-bond donors (Lipinski definition) is 0. The molecule has 0 radical (unpaired) electrons. The summed E-state index contributed by atoms with van der Waals surface area (Å²) >= 11 is 0. The van der Waals surface area contributed by atoms with Gasteiger partial charge in [-0.3, -0.25) is 0 Å². The van der Waals surface area contributed by atoms with Crippen molar-refractivity contribution in [2.24, 2.45) is 0 Å². The van der Waals surface area contributed by atoms with Gasteiger partial charge in [-0.25, -0.2) is 19.9 Å². The molecular weight excluding hydrogens is 741 g/mol. The van der Waals surface area contributed by atoms with Gasteiger partial charge in [0.15, 0.2) is 17.5 Å². The molecule has 0 N–H and O–H groups in total. The first-order chi connectivity index (χ1) is 30.0. The van der Waals surface area contributed by atoms with Crippen molar-refractivity contribution < 1.29 is 0 Å². The van der Waals surface area contributed by atoms with Crippen LogP contribution in [-0.4, -0.2) is 19.9 Å². The Morgan fingerprint density at radius 1 is 0.295 bits per heavy atom. The van der Waals surface area contributed by atoms with E-state index in [2.05, 4.69) is 159 Å². The molecule has 288 valence electrons. The minimum absolute atomic E-state index is 0.141. The second kappa shape index (κ2) is 14.8. The predicted molar refractivity (Wildman–Crippen MR) is 251 cm³/mol. The molecule has 0 saturated heterocycles. The van der Waals surface area contributed by atoms with Gasteiger partial charge in [-0.1, -0.05) is 184 Å². The first kappa shape index (κ1) is 36.3. The quantitative estimate of drug-likeness (QED) is 0.162. The summed E-state index contributed by atoms with van der Waals surface area (Å²) in [5.74, 6) is 1.92. The lowest BCUT2D eigenvalue weighted by atomic mass is 9.82. The van der Waals surface area contributed by atoms with E-state index in [0.717, 1.165) is 61.1 Å². The molecule has 4 heteroatoms. The molecule has 0 aliphatic heterocycles. The normalized spacial score (nSPS) is 12.6. The average Bonchev–Trinajstić information content (AvgIpc) is 3.56. The molecule has 11 rings (SSSR count). The van der Waals surface area contributed by atoms with Crippen molar-refractivity contribution in [2.45, 2.75) is 19.3 Å². The van der Waals surface area contributed by atoms with Crippen molar-refractivity contribution >= 4 is 10.9 Å². The third kappa shape index (κ3) is 6.59. The lowest BCUT2D eigenvalue weighted by Gasteiger charge is -2.22. The maximum absolute atomic E-state index is 5.44. The fourth-order valence-electron chi connectivity index (χ4n) is 8.94. The van der Waals surface area contributed by atoms with Gasteiger partial charge in [0.25, 0.3) is 0 Å². The molecule has 10 aromatic rings. The van der Waals surface area contributed by atoms with E-state index in [1.165, 1.54) is 33.4 Å². The first-order valence-electron chi connectivity index (χ1n) is 20.8. The number of pyridine rings is 1. The van der Waals surface area contributed by atoms with Crippen LogP contribution in [0.4, 0.5) is 0 Å². The zero-order valence-electron chi connectivity index (χ0n) is 33.9. The van der Waals surface area contributed by atoms with Crippen LogP contribution in [0, 0.1) is 0 Å². The van der Waals surface area contributed by atoms with Crippen molar-refractivity contribution in [2.75, 3.05) is 0 Å². The molecule has 8 aromatic carbocycles. The van der Waals surface area contributed by atoms with Crippen molar-refractivity contribution in [1.82, 2.24) is 19.9 Å². The Labute approximate surface area is 356 Å². The van der Waals surface area contributed by atoms with E-state index in [4.69, 9.17) is 19.9 Å². The molecule has 1 aliphatic carbocycles. The Hall–Kier alpha value is -7.82. The SMILES string of the molecule is CC1(C)c2ccccc2-c2cc3c(-c4cccc(-c5cccc(-c6nc(-c7ccccc7)nc(-c7ccccc7)n6)c5)c4)cc(-c4cccc(-c5ccccc5)c4)nc3cc21. The minimum atomic E-state index is -0.141. The highest BCUT2D eigenvalue weighted by molar-refractivity contribution is 6.02. The van der Waals surface area contributed by atoms with Gasteiger partial charge in [0.05, 0.1) is 11.2 Å². The van der Waals surface area contributed by atoms with Crippen LogP contribution in [0.3, 0.4) is 0 Å². The molecule has 0 bridgehead atoms. The summed E-state index contributed by atoms with van der Waals surface area (Å²) in [5.41, 5.74) is 17.7. The number of fused-ring (bicyclic) bond motifs is 4. The van der Waals surface area contributed by atoms with Gasteiger partial charge in [0.1, 0.15) is 0 Å².